The smallest absolute Gasteiger partial charge is 0.286 e. The second-order valence-electron chi connectivity index (χ2n) is 4.61. The highest BCUT2D eigenvalue weighted by Crippen LogP contribution is 2.26. The van der Waals surface area contributed by atoms with Crippen molar-refractivity contribution >= 4 is 16.7 Å². The molecule has 0 spiro atoms. The van der Waals surface area contributed by atoms with E-state index in [1.54, 1.807) is 19.2 Å². The van der Waals surface area contributed by atoms with E-state index in [9.17, 15) is 4.79 Å². The van der Waals surface area contributed by atoms with Crippen molar-refractivity contribution in [2.75, 3.05) is 7.05 Å². The van der Waals surface area contributed by atoms with Crippen LogP contribution < -0.4 is 10.1 Å². The van der Waals surface area contributed by atoms with Gasteiger partial charge in [0.25, 0.3) is 5.91 Å². The summed E-state index contributed by atoms with van der Waals surface area (Å²) < 4.78 is 11.2. The van der Waals surface area contributed by atoms with Crippen molar-refractivity contribution in [2.45, 2.75) is 6.61 Å². The molecule has 0 unspecified atom stereocenters. The van der Waals surface area contributed by atoms with Gasteiger partial charge in [-0.05, 0) is 23.6 Å². The number of hydrogen-bond donors (Lipinski definition) is 1. The molecule has 0 saturated carbocycles. The van der Waals surface area contributed by atoms with E-state index in [2.05, 4.69) is 5.32 Å². The van der Waals surface area contributed by atoms with E-state index < -0.39 is 0 Å². The summed E-state index contributed by atoms with van der Waals surface area (Å²) in [6, 6.07) is 17.3. The van der Waals surface area contributed by atoms with Crippen LogP contribution in [-0.2, 0) is 6.61 Å². The number of fused-ring (bicyclic) bond motifs is 1. The molecule has 1 aromatic heterocycles. The van der Waals surface area contributed by atoms with Crippen LogP contribution in [0.25, 0.3) is 10.8 Å². The third-order valence-electron chi connectivity index (χ3n) is 3.23. The minimum atomic E-state index is -0.244. The zero-order chi connectivity index (χ0) is 14.7. The third-order valence-corrected chi connectivity index (χ3v) is 3.23. The van der Waals surface area contributed by atoms with Gasteiger partial charge in [-0.25, -0.2) is 0 Å². The number of amides is 1. The lowest BCUT2D eigenvalue weighted by atomic mass is 10.1. The fourth-order valence-electron chi connectivity index (χ4n) is 2.17. The second kappa shape index (κ2) is 5.71. The van der Waals surface area contributed by atoms with Gasteiger partial charge in [0.05, 0.1) is 0 Å². The molecule has 2 aromatic carbocycles. The molecule has 1 amide bonds. The molecule has 0 aliphatic rings. The largest absolute Gasteiger partial charge is 0.485 e. The summed E-state index contributed by atoms with van der Waals surface area (Å²) in [6.45, 7) is 0.283. The quantitative estimate of drug-likeness (QED) is 0.797. The standard InChI is InChI=1S/C17H15NO3/c1-18-17(19)16-10-9-13(21-16)11-20-15-8-4-6-12-5-2-3-7-14(12)15/h2-10H,11H2,1H3,(H,18,19). The molecule has 0 aliphatic heterocycles. The monoisotopic (exact) mass is 281 g/mol. The second-order valence-corrected chi connectivity index (χ2v) is 4.61. The molecule has 0 bridgehead atoms. The van der Waals surface area contributed by atoms with Gasteiger partial charge in [0.15, 0.2) is 5.76 Å². The number of carbonyl (C=O) groups is 1. The molecule has 4 heteroatoms. The van der Waals surface area contributed by atoms with Crippen LogP contribution in [0.4, 0.5) is 0 Å². The molecule has 3 rings (SSSR count). The van der Waals surface area contributed by atoms with Crippen LogP contribution in [0.5, 0.6) is 5.75 Å². The Balaban J connectivity index is 1.77. The van der Waals surface area contributed by atoms with Crippen LogP contribution in [0, 0.1) is 0 Å². The Labute approximate surface area is 122 Å². The van der Waals surface area contributed by atoms with E-state index in [4.69, 9.17) is 9.15 Å². The van der Waals surface area contributed by atoms with Crippen LogP contribution in [0.3, 0.4) is 0 Å². The minimum absolute atomic E-state index is 0.244. The van der Waals surface area contributed by atoms with Gasteiger partial charge in [0.1, 0.15) is 18.1 Å². The number of benzene rings is 2. The van der Waals surface area contributed by atoms with Gasteiger partial charge in [-0.1, -0.05) is 36.4 Å². The predicted molar refractivity (Wildman–Crippen MR) is 80.4 cm³/mol. The Kier molecular flexibility index (Phi) is 3.60. The van der Waals surface area contributed by atoms with E-state index in [0.717, 1.165) is 16.5 Å². The Hall–Kier alpha value is -2.75. The van der Waals surface area contributed by atoms with Gasteiger partial charge >= 0.3 is 0 Å². The summed E-state index contributed by atoms with van der Waals surface area (Å²) in [5, 5.41) is 4.70. The van der Waals surface area contributed by atoms with Crippen molar-refractivity contribution in [3.8, 4) is 5.75 Å². The highest BCUT2D eigenvalue weighted by Gasteiger charge is 2.10. The lowest BCUT2D eigenvalue weighted by molar-refractivity contribution is 0.0931. The number of ether oxygens (including phenoxy) is 1. The summed E-state index contributed by atoms with van der Waals surface area (Å²) in [6.07, 6.45) is 0. The van der Waals surface area contributed by atoms with Gasteiger partial charge in [0.2, 0.25) is 0 Å². The minimum Gasteiger partial charge on any atom is -0.485 e. The first-order valence-electron chi connectivity index (χ1n) is 6.69. The fourth-order valence-corrected chi connectivity index (χ4v) is 2.17. The van der Waals surface area contributed by atoms with E-state index in [1.165, 1.54) is 0 Å². The molecule has 1 N–H and O–H groups in total. The number of carbonyl (C=O) groups excluding carboxylic acids is 1. The van der Waals surface area contributed by atoms with Crippen LogP contribution in [0.1, 0.15) is 16.3 Å². The Bertz CT molecular complexity index is 771. The number of hydrogen-bond acceptors (Lipinski definition) is 3. The average Bonchev–Trinajstić information content (AvgIpc) is 3.01. The lowest BCUT2D eigenvalue weighted by Gasteiger charge is -2.07. The molecule has 0 radical (unpaired) electrons. The maximum atomic E-state index is 11.4. The van der Waals surface area contributed by atoms with Crippen LogP contribution in [0.2, 0.25) is 0 Å². The van der Waals surface area contributed by atoms with E-state index >= 15 is 0 Å². The number of nitrogens with one attached hydrogen (secondary N) is 1. The summed E-state index contributed by atoms with van der Waals surface area (Å²) in [4.78, 5) is 11.4. The maximum absolute atomic E-state index is 11.4. The molecule has 0 aliphatic carbocycles. The number of rotatable bonds is 4. The first-order chi connectivity index (χ1) is 10.3. The Morgan fingerprint density at radius 3 is 2.76 bits per heavy atom. The van der Waals surface area contributed by atoms with E-state index in [-0.39, 0.29) is 18.3 Å². The van der Waals surface area contributed by atoms with Crippen LogP contribution in [-0.4, -0.2) is 13.0 Å². The summed E-state index contributed by atoms with van der Waals surface area (Å²) in [5.41, 5.74) is 0. The predicted octanol–water partition coefficient (Wildman–Crippen LogP) is 3.37. The molecule has 1 heterocycles. The van der Waals surface area contributed by atoms with Crippen molar-refractivity contribution < 1.29 is 13.9 Å². The Morgan fingerprint density at radius 1 is 1.10 bits per heavy atom. The van der Waals surface area contributed by atoms with Crippen molar-refractivity contribution in [3.63, 3.8) is 0 Å². The molecule has 4 nitrogen and oxygen atoms in total. The normalized spacial score (nSPS) is 10.5. The lowest BCUT2D eigenvalue weighted by Crippen LogP contribution is -2.16. The SMILES string of the molecule is CNC(=O)c1ccc(COc2cccc3ccccc23)o1. The maximum Gasteiger partial charge on any atom is 0.286 e. The third kappa shape index (κ3) is 2.74. The summed E-state index contributed by atoms with van der Waals surface area (Å²) >= 11 is 0. The van der Waals surface area contributed by atoms with E-state index in [1.807, 2.05) is 42.5 Å². The summed E-state index contributed by atoms with van der Waals surface area (Å²) in [5.74, 6) is 1.45. The zero-order valence-electron chi connectivity index (χ0n) is 11.6. The first-order valence-corrected chi connectivity index (χ1v) is 6.69. The van der Waals surface area contributed by atoms with Crippen LogP contribution in [0.15, 0.2) is 59.0 Å². The van der Waals surface area contributed by atoms with E-state index in [0.29, 0.717) is 5.76 Å². The van der Waals surface area contributed by atoms with Crippen molar-refractivity contribution in [2.24, 2.45) is 0 Å². The van der Waals surface area contributed by atoms with Crippen LogP contribution >= 0.6 is 0 Å². The van der Waals surface area contributed by atoms with Gasteiger partial charge in [-0.3, -0.25) is 4.79 Å². The fraction of sp³-hybridized carbons (Fsp3) is 0.118. The van der Waals surface area contributed by atoms with Gasteiger partial charge in [-0.2, -0.15) is 0 Å². The topological polar surface area (TPSA) is 51.5 Å². The molecule has 3 aromatic rings. The highest BCUT2D eigenvalue weighted by molar-refractivity contribution is 5.91. The molecule has 0 fully saturated rings. The first kappa shape index (κ1) is 13.2. The summed E-state index contributed by atoms with van der Waals surface area (Å²) in [7, 11) is 1.57. The van der Waals surface area contributed by atoms with Crippen molar-refractivity contribution in [1.82, 2.24) is 5.32 Å². The average molecular weight is 281 g/mol. The molecule has 0 atom stereocenters. The van der Waals surface area contributed by atoms with Gasteiger partial charge in [0, 0.05) is 12.4 Å². The van der Waals surface area contributed by atoms with Gasteiger partial charge in [-0.15, -0.1) is 0 Å². The van der Waals surface area contributed by atoms with Crippen molar-refractivity contribution in [3.05, 3.63) is 66.1 Å². The van der Waals surface area contributed by atoms with Gasteiger partial charge < -0.3 is 14.5 Å². The molecule has 106 valence electrons. The molecule has 0 saturated heterocycles. The highest BCUT2D eigenvalue weighted by atomic mass is 16.5. The molecular weight excluding hydrogens is 266 g/mol. The Morgan fingerprint density at radius 2 is 1.90 bits per heavy atom. The molecular formula is C17H15NO3. The molecule has 21 heavy (non-hydrogen) atoms. The van der Waals surface area contributed by atoms with Crippen molar-refractivity contribution in [1.29, 1.82) is 0 Å². The number of furan rings is 1. The zero-order valence-corrected chi connectivity index (χ0v) is 11.6.